The van der Waals surface area contributed by atoms with Crippen LogP contribution >= 0.6 is 0 Å². The van der Waals surface area contributed by atoms with Gasteiger partial charge in [0.1, 0.15) is 33.5 Å². The van der Waals surface area contributed by atoms with Crippen molar-refractivity contribution in [1.82, 2.24) is 19.2 Å². The van der Waals surface area contributed by atoms with E-state index in [-0.39, 0.29) is 35.3 Å². The maximum Gasteiger partial charge on any atom is 0.280 e. The molecule has 2 aliphatic rings. The highest BCUT2D eigenvalue weighted by molar-refractivity contribution is 7.86. The Labute approximate surface area is 236 Å². The van der Waals surface area contributed by atoms with Gasteiger partial charge in [-0.3, -0.25) is 13.9 Å². The van der Waals surface area contributed by atoms with Crippen LogP contribution in [0.2, 0.25) is 0 Å². The van der Waals surface area contributed by atoms with Crippen LogP contribution in [0.1, 0.15) is 69.6 Å². The number of likely N-dealkylation sites (N-methyl/N-ethyl adjacent to an activating group) is 1. The van der Waals surface area contributed by atoms with Crippen LogP contribution in [-0.4, -0.2) is 68.5 Å². The van der Waals surface area contributed by atoms with Gasteiger partial charge in [0.05, 0.1) is 20.3 Å². The molecule has 0 saturated heterocycles. The SMILES string of the molecule is CC.CCN1CC(C)n2c(c(OC)c3c(=O)n4nc(c32)N(CC)S(=O)CCCCOc2cc(F)ccc2C4)C1=O. The van der Waals surface area contributed by atoms with E-state index < -0.39 is 22.4 Å². The minimum absolute atomic E-state index is 0.00414. The van der Waals surface area contributed by atoms with Crippen LogP contribution in [0, 0.1) is 5.82 Å². The molecular formula is C28H38FN5O5S. The van der Waals surface area contributed by atoms with Gasteiger partial charge < -0.3 is 18.9 Å². The number of anilines is 1. The predicted molar refractivity (Wildman–Crippen MR) is 154 cm³/mol. The minimum Gasteiger partial charge on any atom is -0.493 e. The molecule has 3 aromatic rings. The topological polar surface area (TPSA) is 98.9 Å². The van der Waals surface area contributed by atoms with Gasteiger partial charge in [0.2, 0.25) is 0 Å². The molecule has 1 amide bonds. The minimum atomic E-state index is -1.45. The molecule has 10 nitrogen and oxygen atoms in total. The number of ether oxygens (including phenoxy) is 2. The summed E-state index contributed by atoms with van der Waals surface area (Å²) in [7, 11) is -0.0134. The highest BCUT2D eigenvalue weighted by Crippen LogP contribution is 2.41. The van der Waals surface area contributed by atoms with Crippen LogP contribution in [0.3, 0.4) is 0 Å². The number of amides is 1. The molecule has 40 heavy (non-hydrogen) atoms. The average molecular weight is 576 g/mol. The molecule has 4 heterocycles. The van der Waals surface area contributed by atoms with E-state index in [1.165, 1.54) is 23.9 Å². The van der Waals surface area contributed by atoms with Crippen molar-refractivity contribution in [2.75, 3.05) is 43.4 Å². The monoisotopic (exact) mass is 575 g/mol. The number of benzene rings is 1. The normalized spacial score (nSPS) is 19.3. The van der Waals surface area contributed by atoms with Gasteiger partial charge in [-0.2, -0.15) is 0 Å². The first kappa shape index (κ1) is 29.6. The Morgan fingerprint density at radius 2 is 1.93 bits per heavy atom. The fraction of sp³-hybridized carbons (Fsp3) is 0.536. The zero-order valence-electron chi connectivity index (χ0n) is 24.0. The largest absolute Gasteiger partial charge is 0.493 e. The van der Waals surface area contributed by atoms with Crippen molar-refractivity contribution in [3.8, 4) is 11.5 Å². The van der Waals surface area contributed by atoms with Crippen molar-refractivity contribution >= 4 is 33.6 Å². The summed E-state index contributed by atoms with van der Waals surface area (Å²) >= 11 is 0. The molecule has 0 saturated carbocycles. The maximum absolute atomic E-state index is 14.1. The van der Waals surface area contributed by atoms with E-state index in [2.05, 4.69) is 0 Å². The molecule has 2 aromatic heterocycles. The van der Waals surface area contributed by atoms with E-state index >= 15 is 0 Å². The van der Waals surface area contributed by atoms with Crippen LogP contribution in [0.15, 0.2) is 23.0 Å². The fourth-order valence-corrected chi connectivity index (χ4v) is 6.58. The van der Waals surface area contributed by atoms with Gasteiger partial charge in [-0.15, -0.1) is 5.10 Å². The summed E-state index contributed by atoms with van der Waals surface area (Å²) in [6.45, 7) is 11.4. The van der Waals surface area contributed by atoms with Gasteiger partial charge in [0.15, 0.2) is 17.3 Å². The molecule has 0 N–H and O–H groups in total. The second-order valence-corrected chi connectivity index (χ2v) is 11.0. The van der Waals surface area contributed by atoms with E-state index in [0.29, 0.717) is 67.5 Å². The van der Waals surface area contributed by atoms with E-state index in [0.717, 1.165) is 0 Å². The first-order valence-electron chi connectivity index (χ1n) is 13.9. The number of aromatic nitrogens is 3. The highest BCUT2D eigenvalue weighted by atomic mass is 32.2. The molecule has 5 rings (SSSR count). The summed E-state index contributed by atoms with van der Waals surface area (Å²) in [5, 5.41) is 4.94. The summed E-state index contributed by atoms with van der Waals surface area (Å²) in [5.74, 6) is 0.537. The first-order chi connectivity index (χ1) is 19.3. The van der Waals surface area contributed by atoms with E-state index in [4.69, 9.17) is 14.6 Å². The van der Waals surface area contributed by atoms with E-state index in [9.17, 15) is 18.2 Å². The lowest BCUT2D eigenvalue weighted by Gasteiger charge is -2.33. The number of carbonyl (C=O) groups excluding carboxylic acids is 1. The van der Waals surface area contributed by atoms with Crippen LogP contribution < -0.4 is 19.3 Å². The lowest BCUT2D eigenvalue weighted by atomic mass is 10.2. The summed E-state index contributed by atoms with van der Waals surface area (Å²) in [6, 6.07) is 4.02. The van der Waals surface area contributed by atoms with Crippen molar-refractivity contribution in [2.45, 2.75) is 60.0 Å². The third-order valence-electron chi connectivity index (χ3n) is 7.13. The lowest BCUT2D eigenvalue weighted by molar-refractivity contribution is 0.0685. The smallest absolute Gasteiger partial charge is 0.280 e. The number of hydrogen-bond acceptors (Lipinski definition) is 6. The Morgan fingerprint density at radius 1 is 1.18 bits per heavy atom. The van der Waals surface area contributed by atoms with Crippen molar-refractivity contribution in [3.05, 3.63) is 45.6 Å². The number of nitrogens with zero attached hydrogens (tertiary/aromatic N) is 5. The number of fused-ring (bicyclic) bond motifs is 7. The fourth-order valence-electron chi connectivity index (χ4n) is 5.31. The van der Waals surface area contributed by atoms with Gasteiger partial charge >= 0.3 is 0 Å². The maximum atomic E-state index is 14.1. The molecule has 1 aromatic carbocycles. The summed E-state index contributed by atoms with van der Waals surface area (Å²) < 4.78 is 44.0. The van der Waals surface area contributed by atoms with Crippen LogP contribution in [0.25, 0.3) is 10.9 Å². The second kappa shape index (κ2) is 12.4. The van der Waals surface area contributed by atoms with Crippen LogP contribution in [0.4, 0.5) is 10.2 Å². The molecule has 0 aliphatic carbocycles. The van der Waals surface area contributed by atoms with Crippen LogP contribution in [0.5, 0.6) is 11.5 Å². The number of halogens is 1. The third kappa shape index (κ3) is 5.09. The molecule has 0 spiro atoms. The quantitative estimate of drug-likeness (QED) is 0.466. The molecular weight excluding hydrogens is 537 g/mol. The van der Waals surface area contributed by atoms with Gasteiger partial charge in [-0.05, 0) is 39.7 Å². The molecule has 12 heteroatoms. The second-order valence-electron chi connectivity index (χ2n) is 9.48. The molecule has 218 valence electrons. The first-order valence-corrected chi connectivity index (χ1v) is 15.2. The Morgan fingerprint density at radius 3 is 2.60 bits per heavy atom. The summed E-state index contributed by atoms with van der Waals surface area (Å²) in [4.78, 5) is 29.2. The predicted octanol–water partition coefficient (Wildman–Crippen LogP) is 4.12. The Hall–Kier alpha value is -3.41. The molecule has 0 fully saturated rings. The summed E-state index contributed by atoms with van der Waals surface area (Å²) in [6.07, 6.45) is 1.25. The zero-order valence-corrected chi connectivity index (χ0v) is 24.8. The Balaban J connectivity index is 0.00000181. The molecule has 0 radical (unpaired) electrons. The van der Waals surface area contributed by atoms with Crippen molar-refractivity contribution < 1.29 is 22.9 Å². The highest BCUT2D eigenvalue weighted by Gasteiger charge is 2.38. The van der Waals surface area contributed by atoms with Gasteiger partial charge in [0, 0.05) is 43.1 Å². The van der Waals surface area contributed by atoms with Gasteiger partial charge in [-0.1, -0.05) is 19.9 Å². The van der Waals surface area contributed by atoms with Gasteiger partial charge in [0.25, 0.3) is 11.5 Å². The average Bonchev–Trinajstić information content (AvgIpc) is 3.32. The third-order valence-corrected chi connectivity index (χ3v) is 8.69. The zero-order chi connectivity index (χ0) is 29.1. The van der Waals surface area contributed by atoms with Gasteiger partial charge in [-0.25, -0.2) is 13.3 Å². The van der Waals surface area contributed by atoms with Crippen molar-refractivity contribution in [2.24, 2.45) is 0 Å². The standard InChI is InChI=1S/C26H32FN5O5S.C2H6/c1-5-29-14-16(3)32-21-20(23(36-4)22(32)26(29)34)25(33)30-15-17-9-10-18(27)13-19(17)37-11-7-8-12-38(35)31(6-2)24(21)28-30;1-2/h9-10,13,16H,5-8,11-12,14-15H2,1-4H3;1-2H3. The van der Waals surface area contributed by atoms with E-state index in [1.807, 2.05) is 39.2 Å². The van der Waals surface area contributed by atoms with E-state index in [1.54, 1.807) is 15.3 Å². The number of methoxy groups -OCH3 is 1. The summed E-state index contributed by atoms with van der Waals surface area (Å²) in [5.41, 5.74) is 0.849. The Kier molecular flexibility index (Phi) is 9.17. The molecule has 2 aliphatic heterocycles. The van der Waals surface area contributed by atoms with Crippen molar-refractivity contribution in [3.63, 3.8) is 0 Å². The van der Waals surface area contributed by atoms with Crippen molar-refractivity contribution in [1.29, 1.82) is 0 Å². The Bertz CT molecular complexity index is 1490. The molecule has 2 atom stereocenters. The lowest BCUT2D eigenvalue weighted by Crippen LogP contribution is -2.42. The number of hydrogen-bond donors (Lipinski definition) is 0. The molecule has 2 unspecified atom stereocenters. The number of carbonyl (C=O) groups is 1. The van der Waals surface area contributed by atoms with Crippen LogP contribution in [-0.2, 0) is 17.5 Å². The number of rotatable bonds is 3. The molecule has 2 bridgehead atoms.